The van der Waals surface area contributed by atoms with Gasteiger partial charge in [-0.25, -0.2) is 4.79 Å². The van der Waals surface area contributed by atoms with Crippen LogP contribution in [0.2, 0.25) is 0 Å². The Morgan fingerprint density at radius 3 is 2.71 bits per heavy atom. The highest BCUT2D eigenvalue weighted by atomic mass is 32.2. The highest BCUT2D eigenvalue weighted by Crippen LogP contribution is 2.21. The molecule has 2 N–H and O–H groups in total. The van der Waals surface area contributed by atoms with Crippen molar-refractivity contribution >= 4 is 23.6 Å². The summed E-state index contributed by atoms with van der Waals surface area (Å²) in [6, 6.07) is 5.18. The van der Waals surface area contributed by atoms with Gasteiger partial charge in [0, 0.05) is 11.4 Å². The smallest absolute Gasteiger partial charge is 0.335 e. The van der Waals surface area contributed by atoms with Crippen molar-refractivity contribution < 1.29 is 14.7 Å². The maximum atomic E-state index is 11.3. The lowest BCUT2D eigenvalue weighted by atomic mass is 10.1. The van der Waals surface area contributed by atoms with Crippen LogP contribution in [0.3, 0.4) is 0 Å². The summed E-state index contributed by atoms with van der Waals surface area (Å²) in [7, 11) is 0. The number of carboxylic acid groups (broad SMARTS) is 1. The molecule has 1 aromatic carbocycles. The SMILES string of the molecule is CCNC(=O)CSc1ccc(C)c(C(=O)O)c1. The molecule has 0 heterocycles. The summed E-state index contributed by atoms with van der Waals surface area (Å²) in [5.74, 6) is -0.686. The number of aryl methyl sites for hydroxylation is 1. The minimum atomic E-state index is -0.942. The molecule has 0 aliphatic heterocycles. The van der Waals surface area contributed by atoms with Crippen LogP contribution in [0.5, 0.6) is 0 Å². The molecule has 0 saturated heterocycles. The van der Waals surface area contributed by atoms with E-state index >= 15 is 0 Å². The second kappa shape index (κ2) is 6.30. The Kier molecular flexibility index (Phi) is 5.03. The van der Waals surface area contributed by atoms with Crippen molar-refractivity contribution in [1.82, 2.24) is 5.32 Å². The monoisotopic (exact) mass is 253 g/mol. The molecule has 0 aliphatic rings. The van der Waals surface area contributed by atoms with Crippen LogP contribution in [0.1, 0.15) is 22.8 Å². The van der Waals surface area contributed by atoms with E-state index < -0.39 is 5.97 Å². The van der Waals surface area contributed by atoms with Crippen LogP contribution in [0, 0.1) is 6.92 Å². The number of carbonyl (C=O) groups is 2. The normalized spacial score (nSPS) is 10.0. The van der Waals surface area contributed by atoms with E-state index in [1.165, 1.54) is 11.8 Å². The van der Waals surface area contributed by atoms with Crippen molar-refractivity contribution in [2.45, 2.75) is 18.7 Å². The van der Waals surface area contributed by atoms with E-state index in [2.05, 4.69) is 5.32 Å². The zero-order chi connectivity index (χ0) is 12.8. The molecule has 4 nitrogen and oxygen atoms in total. The van der Waals surface area contributed by atoms with E-state index in [0.29, 0.717) is 12.3 Å². The molecule has 1 rings (SSSR count). The van der Waals surface area contributed by atoms with Crippen LogP contribution in [0.15, 0.2) is 23.1 Å². The van der Waals surface area contributed by atoms with E-state index in [-0.39, 0.29) is 11.5 Å². The molecule has 0 aliphatic carbocycles. The molecule has 5 heteroatoms. The summed E-state index contributed by atoms with van der Waals surface area (Å²) < 4.78 is 0. The van der Waals surface area contributed by atoms with E-state index in [4.69, 9.17) is 5.11 Å². The fraction of sp³-hybridized carbons (Fsp3) is 0.333. The van der Waals surface area contributed by atoms with Crippen molar-refractivity contribution in [3.63, 3.8) is 0 Å². The van der Waals surface area contributed by atoms with Crippen LogP contribution in [-0.4, -0.2) is 29.3 Å². The first-order valence-corrected chi connectivity index (χ1v) is 6.26. The third-order valence-electron chi connectivity index (χ3n) is 2.18. The molecule has 0 radical (unpaired) electrons. The van der Waals surface area contributed by atoms with Crippen LogP contribution in [-0.2, 0) is 4.79 Å². The molecule has 0 fully saturated rings. The molecule has 0 atom stereocenters. The van der Waals surface area contributed by atoms with Gasteiger partial charge in [0.1, 0.15) is 0 Å². The highest BCUT2D eigenvalue weighted by Gasteiger charge is 2.09. The first-order valence-electron chi connectivity index (χ1n) is 5.28. The fourth-order valence-corrected chi connectivity index (χ4v) is 2.08. The second-order valence-electron chi connectivity index (χ2n) is 3.52. The maximum absolute atomic E-state index is 11.3. The number of carbonyl (C=O) groups excluding carboxylic acids is 1. The molecule has 1 amide bonds. The number of hydrogen-bond donors (Lipinski definition) is 2. The summed E-state index contributed by atoms with van der Waals surface area (Å²) >= 11 is 1.33. The number of nitrogens with one attached hydrogen (secondary N) is 1. The number of amides is 1. The average molecular weight is 253 g/mol. The standard InChI is InChI=1S/C12H15NO3S/c1-3-13-11(14)7-17-9-5-4-8(2)10(6-9)12(15)16/h4-6H,3,7H2,1-2H3,(H,13,14)(H,15,16). The Morgan fingerprint density at radius 1 is 1.41 bits per heavy atom. The molecule has 1 aromatic rings. The van der Waals surface area contributed by atoms with Crippen LogP contribution in [0.4, 0.5) is 0 Å². The van der Waals surface area contributed by atoms with Gasteiger partial charge in [0.05, 0.1) is 11.3 Å². The Bertz CT molecular complexity index is 432. The lowest BCUT2D eigenvalue weighted by Crippen LogP contribution is -2.24. The van der Waals surface area contributed by atoms with Gasteiger partial charge in [0.25, 0.3) is 0 Å². The maximum Gasteiger partial charge on any atom is 0.335 e. The third kappa shape index (κ3) is 4.11. The number of hydrogen-bond acceptors (Lipinski definition) is 3. The molecule has 0 aromatic heterocycles. The minimum absolute atomic E-state index is 0.0463. The molecule has 0 unspecified atom stereocenters. The van der Waals surface area contributed by atoms with Gasteiger partial charge in [-0.05, 0) is 31.5 Å². The van der Waals surface area contributed by atoms with Gasteiger partial charge in [-0.3, -0.25) is 4.79 Å². The zero-order valence-corrected chi connectivity index (χ0v) is 10.6. The molecule has 92 valence electrons. The first-order chi connectivity index (χ1) is 8.04. The average Bonchev–Trinajstić information content (AvgIpc) is 2.28. The number of rotatable bonds is 5. The largest absolute Gasteiger partial charge is 0.478 e. The quantitative estimate of drug-likeness (QED) is 0.787. The number of thioether (sulfide) groups is 1. The highest BCUT2D eigenvalue weighted by molar-refractivity contribution is 8.00. The van der Waals surface area contributed by atoms with E-state index in [1.54, 1.807) is 19.1 Å². The predicted octanol–water partition coefficient (Wildman–Crippen LogP) is 1.92. The summed E-state index contributed by atoms with van der Waals surface area (Å²) in [4.78, 5) is 23.0. The molecule has 0 saturated carbocycles. The van der Waals surface area contributed by atoms with Crippen molar-refractivity contribution in [3.05, 3.63) is 29.3 Å². The fourth-order valence-electron chi connectivity index (χ4n) is 1.32. The molecule has 0 spiro atoms. The van der Waals surface area contributed by atoms with Crippen LogP contribution in [0.25, 0.3) is 0 Å². The van der Waals surface area contributed by atoms with Gasteiger partial charge in [-0.1, -0.05) is 6.07 Å². The van der Waals surface area contributed by atoms with Crippen molar-refractivity contribution in [3.8, 4) is 0 Å². The summed E-state index contributed by atoms with van der Waals surface area (Å²) in [6.07, 6.45) is 0. The first kappa shape index (κ1) is 13.6. The second-order valence-corrected chi connectivity index (χ2v) is 4.57. The van der Waals surface area contributed by atoms with Gasteiger partial charge in [0.2, 0.25) is 5.91 Å². The molecular formula is C12H15NO3S. The Balaban J connectivity index is 2.69. The van der Waals surface area contributed by atoms with Crippen LogP contribution >= 0.6 is 11.8 Å². The topological polar surface area (TPSA) is 66.4 Å². The lowest BCUT2D eigenvalue weighted by Gasteiger charge is -2.05. The molecule has 17 heavy (non-hydrogen) atoms. The summed E-state index contributed by atoms with van der Waals surface area (Å²) in [5, 5.41) is 11.7. The van der Waals surface area contributed by atoms with Gasteiger partial charge >= 0.3 is 5.97 Å². The van der Waals surface area contributed by atoms with Gasteiger partial charge in [-0.2, -0.15) is 0 Å². The minimum Gasteiger partial charge on any atom is -0.478 e. The number of aromatic carboxylic acids is 1. The van der Waals surface area contributed by atoms with E-state index in [9.17, 15) is 9.59 Å². The summed E-state index contributed by atoms with van der Waals surface area (Å²) in [6.45, 7) is 4.21. The Hall–Kier alpha value is -1.49. The third-order valence-corrected chi connectivity index (χ3v) is 3.18. The molecular weight excluding hydrogens is 238 g/mol. The Labute approximate surface area is 104 Å². The molecule has 0 bridgehead atoms. The van der Waals surface area contributed by atoms with Crippen molar-refractivity contribution in [1.29, 1.82) is 0 Å². The van der Waals surface area contributed by atoms with E-state index in [1.807, 2.05) is 13.0 Å². The zero-order valence-electron chi connectivity index (χ0n) is 9.82. The van der Waals surface area contributed by atoms with Gasteiger partial charge in [0.15, 0.2) is 0 Å². The lowest BCUT2D eigenvalue weighted by molar-refractivity contribution is -0.118. The predicted molar refractivity (Wildman–Crippen MR) is 67.5 cm³/mol. The van der Waals surface area contributed by atoms with Gasteiger partial charge < -0.3 is 10.4 Å². The van der Waals surface area contributed by atoms with Gasteiger partial charge in [-0.15, -0.1) is 11.8 Å². The van der Waals surface area contributed by atoms with Crippen LogP contribution < -0.4 is 5.32 Å². The Morgan fingerprint density at radius 2 is 2.12 bits per heavy atom. The van der Waals surface area contributed by atoms with Crippen molar-refractivity contribution in [2.75, 3.05) is 12.3 Å². The number of carboxylic acids is 1. The summed E-state index contributed by atoms with van der Waals surface area (Å²) in [5.41, 5.74) is 1.01. The number of benzene rings is 1. The van der Waals surface area contributed by atoms with Crippen molar-refractivity contribution in [2.24, 2.45) is 0 Å². The van der Waals surface area contributed by atoms with E-state index in [0.717, 1.165) is 10.5 Å².